The lowest BCUT2D eigenvalue weighted by Crippen LogP contribution is -2.40. The van der Waals surface area contributed by atoms with Gasteiger partial charge in [-0.05, 0) is 24.6 Å². The average Bonchev–Trinajstić information content (AvgIpc) is 2.28. The molecule has 1 saturated heterocycles. The fourth-order valence-corrected chi connectivity index (χ4v) is 2.18. The second kappa shape index (κ2) is 4.96. The molecule has 1 aliphatic rings. The molecule has 0 spiro atoms. The summed E-state index contributed by atoms with van der Waals surface area (Å²) in [7, 11) is 0. The van der Waals surface area contributed by atoms with Crippen molar-refractivity contribution in [3.05, 3.63) is 34.1 Å². The highest BCUT2D eigenvalue weighted by Gasteiger charge is 2.24. The number of carbonyl (C=O) groups excluding carboxylic acids is 2. The maximum Gasteiger partial charge on any atom is 0.257 e. The van der Waals surface area contributed by atoms with E-state index in [4.69, 9.17) is 0 Å². The molecule has 1 aliphatic heterocycles. The van der Waals surface area contributed by atoms with Gasteiger partial charge < -0.3 is 4.90 Å². The SMILES string of the molecule is O=C1CCCN(C(=O)c2ccc(Br)cc2F)C1. The molecule has 0 bridgehead atoms. The molecule has 17 heavy (non-hydrogen) atoms. The Labute approximate surface area is 107 Å². The van der Waals surface area contributed by atoms with E-state index in [9.17, 15) is 14.0 Å². The first-order valence-corrected chi connectivity index (χ1v) is 6.13. The van der Waals surface area contributed by atoms with Gasteiger partial charge >= 0.3 is 0 Å². The van der Waals surface area contributed by atoms with Crippen molar-refractivity contribution >= 4 is 27.6 Å². The van der Waals surface area contributed by atoms with E-state index < -0.39 is 11.7 Å². The summed E-state index contributed by atoms with van der Waals surface area (Å²) in [5.74, 6) is -0.951. The van der Waals surface area contributed by atoms with E-state index in [1.807, 2.05) is 0 Å². The molecule has 3 nitrogen and oxygen atoms in total. The first-order chi connectivity index (χ1) is 8.08. The lowest BCUT2D eigenvalue weighted by molar-refractivity contribution is -0.121. The summed E-state index contributed by atoms with van der Waals surface area (Å²) in [5.41, 5.74) is 0.0166. The van der Waals surface area contributed by atoms with Gasteiger partial charge in [0, 0.05) is 17.4 Å². The standard InChI is InChI=1S/C12H11BrFNO2/c13-8-3-4-10(11(14)6-8)12(17)15-5-1-2-9(16)7-15/h3-4,6H,1-2,5,7H2. The number of halogens is 2. The van der Waals surface area contributed by atoms with Crippen LogP contribution >= 0.6 is 15.9 Å². The summed E-state index contributed by atoms with van der Waals surface area (Å²) in [6.07, 6.45) is 1.16. The number of Topliss-reactive ketones (excluding diaryl/α,β-unsaturated/α-hetero) is 1. The molecular weight excluding hydrogens is 289 g/mol. The Hall–Kier alpha value is -1.23. The van der Waals surface area contributed by atoms with Gasteiger partial charge in [0.05, 0.1) is 12.1 Å². The molecule has 0 unspecified atom stereocenters. The zero-order valence-corrected chi connectivity index (χ0v) is 10.7. The third-order valence-corrected chi connectivity index (χ3v) is 3.19. The Kier molecular flexibility index (Phi) is 3.57. The van der Waals surface area contributed by atoms with Crippen LogP contribution in [0.15, 0.2) is 22.7 Å². The van der Waals surface area contributed by atoms with Crippen LogP contribution in [-0.4, -0.2) is 29.7 Å². The Balaban J connectivity index is 2.21. The lowest BCUT2D eigenvalue weighted by Gasteiger charge is -2.25. The van der Waals surface area contributed by atoms with E-state index in [1.165, 1.54) is 17.0 Å². The van der Waals surface area contributed by atoms with Crippen LogP contribution < -0.4 is 0 Å². The van der Waals surface area contributed by atoms with Crippen LogP contribution in [0.25, 0.3) is 0 Å². The molecule has 2 rings (SSSR count). The normalized spacial score (nSPS) is 16.1. The monoisotopic (exact) mass is 299 g/mol. The van der Waals surface area contributed by atoms with Gasteiger partial charge in [-0.15, -0.1) is 0 Å². The molecule has 0 aromatic heterocycles. The molecule has 1 aromatic rings. The molecule has 1 heterocycles. The van der Waals surface area contributed by atoms with Crippen molar-refractivity contribution in [1.82, 2.24) is 4.90 Å². The summed E-state index contributed by atoms with van der Waals surface area (Å²) in [6.45, 7) is 0.606. The van der Waals surface area contributed by atoms with E-state index in [2.05, 4.69) is 15.9 Å². The van der Waals surface area contributed by atoms with Crippen molar-refractivity contribution in [2.75, 3.05) is 13.1 Å². The smallest absolute Gasteiger partial charge is 0.257 e. The molecule has 5 heteroatoms. The number of piperidine rings is 1. The van der Waals surface area contributed by atoms with Crippen LogP contribution in [0.2, 0.25) is 0 Å². The van der Waals surface area contributed by atoms with Crippen LogP contribution in [0, 0.1) is 5.82 Å². The molecule has 1 fully saturated rings. The number of nitrogens with zero attached hydrogens (tertiary/aromatic N) is 1. The van der Waals surface area contributed by atoms with Crippen LogP contribution in [-0.2, 0) is 4.79 Å². The van der Waals surface area contributed by atoms with Crippen LogP contribution in [0.3, 0.4) is 0 Å². The molecule has 0 N–H and O–H groups in total. The van der Waals surface area contributed by atoms with E-state index in [0.717, 1.165) is 0 Å². The van der Waals surface area contributed by atoms with E-state index >= 15 is 0 Å². The topological polar surface area (TPSA) is 37.4 Å². The fourth-order valence-electron chi connectivity index (χ4n) is 1.84. The molecule has 0 radical (unpaired) electrons. The first-order valence-electron chi connectivity index (χ1n) is 5.34. The third-order valence-electron chi connectivity index (χ3n) is 2.70. The minimum absolute atomic E-state index is 0.0166. The summed E-state index contributed by atoms with van der Waals surface area (Å²) >= 11 is 3.13. The van der Waals surface area contributed by atoms with Gasteiger partial charge in [0.25, 0.3) is 5.91 Å². The summed E-state index contributed by atoms with van der Waals surface area (Å²) in [4.78, 5) is 24.6. The van der Waals surface area contributed by atoms with Gasteiger partial charge in [-0.2, -0.15) is 0 Å². The Morgan fingerprint density at radius 1 is 1.41 bits per heavy atom. The van der Waals surface area contributed by atoms with Crippen molar-refractivity contribution in [1.29, 1.82) is 0 Å². The number of hydrogen-bond acceptors (Lipinski definition) is 2. The van der Waals surface area contributed by atoms with Crippen molar-refractivity contribution in [3.8, 4) is 0 Å². The highest BCUT2D eigenvalue weighted by Crippen LogP contribution is 2.18. The Morgan fingerprint density at radius 2 is 2.18 bits per heavy atom. The summed E-state index contributed by atoms with van der Waals surface area (Å²) < 4.78 is 14.2. The molecule has 1 aromatic carbocycles. The zero-order chi connectivity index (χ0) is 12.4. The van der Waals surface area contributed by atoms with Gasteiger partial charge in [-0.3, -0.25) is 9.59 Å². The van der Waals surface area contributed by atoms with Crippen molar-refractivity contribution in [2.24, 2.45) is 0 Å². The average molecular weight is 300 g/mol. The second-order valence-electron chi connectivity index (χ2n) is 3.99. The predicted octanol–water partition coefficient (Wildman–Crippen LogP) is 2.39. The number of likely N-dealkylation sites (tertiary alicyclic amines) is 1. The van der Waals surface area contributed by atoms with Gasteiger partial charge in [-0.1, -0.05) is 15.9 Å². The minimum Gasteiger partial charge on any atom is -0.331 e. The van der Waals surface area contributed by atoms with Crippen molar-refractivity contribution in [3.63, 3.8) is 0 Å². The quantitative estimate of drug-likeness (QED) is 0.798. The maximum atomic E-state index is 13.6. The lowest BCUT2D eigenvalue weighted by atomic mass is 10.1. The number of amides is 1. The zero-order valence-electron chi connectivity index (χ0n) is 9.08. The number of carbonyl (C=O) groups is 2. The first kappa shape index (κ1) is 12.2. The molecule has 90 valence electrons. The summed E-state index contributed by atoms with van der Waals surface area (Å²) in [6, 6.07) is 4.29. The maximum absolute atomic E-state index is 13.6. The van der Waals surface area contributed by atoms with E-state index in [0.29, 0.717) is 23.9 Å². The Morgan fingerprint density at radius 3 is 2.82 bits per heavy atom. The molecule has 0 atom stereocenters. The second-order valence-corrected chi connectivity index (χ2v) is 4.91. The number of hydrogen-bond donors (Lipinski definition) is 0. The summed E-state index contributed by atoms with van der Waals surface area (Å²) in [5, 5.41) is 0. The van der Waals surface area contributed by atoms with Crippen LogP contribution in [0.5, 0.6) is 0 Å². The fraction of sp³-hybridized carbons (Fsp3) is 0.333. The van der Waals surface area contributed by atoms with Crippen LogP contribution in [0.1, 0.15) is 23.2 Å². The highest BCUT2D eigenvalue weighted by molar-refractivity contribution is 9.10. The van der Waals surface area contributed by atoms with Gasteiger partial charge in [0.2, 0.25) is 0 Å². The van der Waals surface area contributed by atoms with E-state index in [-0.39, 0.29) is 17.9 Å². The largest absolute Gasteiger partial charge is 0.331 e. The molecule has 0 aliphatic carbocycles. The number of benzene rings is 1. The molecule has 1 amide bonds. The molecule has 0 saturated carbocycles. The molecular formula is C12H11BrFNO2. The van der Waals surface area contributed by atoms with Gasteiger partial charge in [0.15, 0.2) is 5.78 Å². The third kappa shape index (κ3) is 2.72. The Bertz CT molecular complexity index is 476. The van der Waals surface area contributed by atoms with Crippen LogP contribution in [0.4, 0.5) is 4.39 Å². The van der Waals surface area contributed by atoms with Gasteiger partial charge in [-0.25, -0.2) is 4.39 Å². The van der Waals surface area contributed by atoms with E-state index in [1.54, 1.807) is 6.07 Å². The minimum atomic E-state index is -0.567. The van der Waals surface area contributed by atoms with Gasteiger partial charge in [0.1, 0.15) is 5.82 Å². The van der Waals surface area contributed by atoms with Crippen molar-refractivity contribution in [2.45, 2.75) is 12.8 Å². The predicted molar refractivity (Wildman–Crippen MR) is 64.2 cm³/mol. The van der Waals surface area contributed by atoms with Crippen molar-refractivity contribution < 1.29 is 14.0 Å². The highest BCUT2D eigenvalue weighted by atomic mass is 79.9. The number of rotatable bonds is 1. The number of ketones is 1.